The second kappa shape index (κ2) is 5.81. The van der Waals surface area contributed by atoms with Crippen molar-refractivity contribution in [3.8, 4) is 0 Å². The highest BCUT2D eigenvalue weighted by atomic mass is 16.7. The first kappa shape index (κ1) is 21.6. The molecule has 2 bridgehead atoms. The molecule has 6 unspecified atom stereocenters. The number of hydrogen-bond donors (Lipinski definition) is 1. The maximum Gasteiger partial charge on any atom is 0.344 e. The first-order valence-corrected chi connectivity index (χ1v) is 11.2. The van der Waals surface area contributed by atoms with E-state index in [1.54, 1.807) is 13.8 Å². The molecule has 2 aliphatic carbocycles. The Morgan fingerprint density at radius 2 is 1.69 bits per heavy atom. The monoisotopic (exact) mass is 442 g/mol. The Hall–Kier alpha value is -2.25. The van der Waals surface area contributed by atoms with E-state index < -0.39 is 51.8 Å². The fourth-order valence-electron chi connectivity index (χ4n) is 7.69. The summed E-state index contributed by atoms with van der Waals surface area (Å²) in [4.78, 5) is 38.8. The first-order valence-electron chi connectivity index (χ1n) is 11.2. The molecule has 0 aromatic carbocycles. The molecule has 5 rings (SSSR count). The Bertz CT molecular complexity index is 1090. The minimum atomic E-state index is -1.90. The number of carbonyl (C=O) groups excluding carboxylic acids is 3. The second-order valence-electron chi connectivity index (χ2n) is 10.7. The van der Waals surface area contributed by atoms with E-state index in [1.165, 1.54) is 6.08 Å². The summed E-state index contributed by atoms with van der Waals surface area (Å²) in [6.07, 6.45) is 2.59. The van der Waals surface area contributed by atoms with Gasteiger partial charge in [-0.25, -0.2) is 9.59 Å². The van der Waals surface area contributed by atoms with Gasteiger partial charge in [0.25, 0.3) is 0 Å². The molecule has 2 fully saturated rings. The average molecular weight is 443 g/mol. The van der Waals surface area contributed by atoms with E-state index in [4.69, 9.17) is 14.2 Å². The highest BCUT2D eigenvalue weighted by molar-refractivity contribution is 6.12. The van der Waals surface area contributed by atoms with Crippen LogP contribution < -0.4 is 0 Å². The largest absolute Gasteiger partial charge is 0.455 e. The molecule has 3 heterocycles. The number of ether oxygens (including phenoxy) is 3. The molecule has 0 amide bonds. The van der Waals surface area contributed by atoms with Crippen molar-refractivity contribution in [3.63, 3.8) is 0 Å². The fourth-order valence-corrected chi connectivity index (χ4v) is 7.69. The van der Waals surface area contributed by atoms with Gasteiger partial charge in [-0.05, 0) is 65.5 Å². The zero-order chi connectivity index (χ0) is 23.6. The van der Waals surface area contributed by atoms with Crippen LogP contribution in [-0.2, 0) is 28.6 Å². The molecule has 1 N–H and O–H groups in total. The summed E-state index contributed by atoms with van der Waals surface area (Å²) in [7, 11) is 0. The standard InChI is InChI=1S/C25H30O7/c1-12-13(2)24(20-30-15(4)25(24,29)19(28)31-20)22(7)10-11-23(14(3)17(22)18(12)27)9-8-16(26)32-21(23,5)6/h8-9,15,20,29H,10-11H2,1-7H3. The van der Waals surface area contributed by atoms with Crippen molar-refractivity contribution in [1.29, 1.82) is 0 Å². The van der Waals surface area contributed by atoms with Crippen molar-refractivity contribution in [3.05, 3.63) is 34.4 Å². The molecule has 3 aliphatic heterocycles. The zero-order valence-electron chi connectivity index (χ0n) is 19.6. The lowest BCUT2D eigenvalue weighted by Crippen LogP contribution is -2.65. The Morgan fingerprint density at radius 3 is 2.25 bits per heavy atom. The number of Topliss-reactive ketones (excluding diaryl/α,β-unsaturated/α-hetero) is 1. The molecule has 0 radical (unpaired) electrons. The van der Waals surface area contributed by atoms with Gasteiger partial charge in [-0.1, -0.05) is 18.6 Å². The third-order valence-electron chi connectivity index (χ3n) is 9.54. The predicted molar refractivity (Wildman–Crippen MR) is 113 cm³/mol. The molecule has 172 valence electrons. The molecule has 0 saturated carbocycles. The lowest BCUT2D eigenvalue weighted by Gasteiger charge is -2.60. The van der Waals surface area contributed by atoms with Crippen molar-refractivity contribution in [1.82, 2.24) is 0 Å². The third kappa shape index (κ3) is 1.88. The number of hydrogen-bond acceptors (Lipinski definition) is 7. The van der Waals surface area contributed by atoms with Crippen molar-refractivity contribution in [2.75, 3.05) is 0 Å². The van der Waals surface area contributed by atoms with E-state index in [2.05, 4.69) is 0 Å². The van der Waals surface area contributed by atoms with Gasteiger partial charge >= 0.3 is 11.9 Å². The van der Waals surface area contributed by atoms with Crippen LogP contribution in [0.15, 0.2) is 34.4 Å². The molecule has 6 atom stereocenters. The van der Waals surface area contributed by atoms with Crippen molar-refractivity contribution >= 4 is 17.7 Å². The van der Waals surface area contributed by atoms with E-state index in [1.807, 2.05) is 40.7 Å². The molecule has 7 heteroatoms. The molecule has 0 aromatic rings. The number of rotatable bonds is 0. The van der Waals surface area contributed by atoms with Crippen molar-refractivity contribution in [2.24, 2.45) is 16.2 Å². The summed E-state index contributed by atoms with van der Waals surface area (Å²) in [6, 6.07) is 0. The highest BCUT2D eigenvalue weighted by Gasteiger charge is 2.84. The Labute approximate surface area is 187 Å². The lowest BCUT2D eigenvalue weighted by molar-refractivity contribution is -0.205. The molecule has 2 spiro atoms. The summed E-state index contributed by atoms with van der Waals surface area (Å²) in [5.41, 5.74) is -3.08. The smallest absolute Gasteiger partial charge is 0.344 e. The van der Waals surface area contributed by atoms with Crippen molar-refractivity contribution in [2.45, 2.75) is 84.9 Å². The van der Waals surface area contributed by atoms with E-state index in [0.29, 0.717) is 29.6 Å². The summed E-state index contributed by atoms with van der Waals surface area (Å²) in [5, 5.41) is 11.9. The zero-order valence-corrected chi connectivity index (χ0v) is 19.6. The quantitative estimate of drug-likeness (QED) is 0.576. The number of ketones is 1. The number of carbonyl (C=O) groups is 3. The van der Waals surface area contributed by atoms with Gasteiger partial charge in [0.15, 0.2) is 5.78 Å². The maximum absolute atomic E-state index is 13.8. The molecule has 5 aliphatic rings. The lowest BCUT2D eigenvalue weighted by atomic mass is 9.41. The molecular weight excluding hydrogens is 412 g/mol. The first-order chi connectivity index (χ1) is 14.7. The van der Waals surface area contributed by atoms with Crippen LogP contribution >= 0.6 is 0 Å². The van der Waals surface area contributed by atoms with E-state index in [9.17, 15) is 19.5 Å². The number of cyclic esters (lactones) is 1. The minimum absolute atomic E-state index is 0.108. The summed E-state index contributed by atoms with van der Waals surface area (Å²) in [5.74, 6) is -1.22. The summed E-state index contributed by atoms with van der Waals surface area (Å²) >= 11 is 0. The molecule has 32 heavy (non-hydrogen) atoms. The van der Waals surface area contributed by atoms with E-state index >= 15 is 0 Å². The highest BCUT2D eigenvalue weighted by Crippen LogP contribution is 2.74. The molecule has 7 nitrogen and oxygen atoms in total. The second-order valence-corrected chi connectivity index (χ2v) is 10.7. The topological polar surface area (TPSA) is 99.1 Å². The van der Waals surface area contributed by atoms with Gasteiger partial charge in [0, 0.05) is 22.5 Å². The molecular formula is C25H30O7. The SMILES string of the molecule is CC1=C(C)C2(C3OC(=O)C2(O)C(C)O3)C2(C)CCC3(C=CC(=O)OC3(C)C)C(C)=C2C1=O. The number of fused-ring (bicyclic) bond motifs is 1. The van der Waals surface area contributed by atoms with Gasteiger partial charge < -0.3 is 19.3 Å². The summed E-state index contributed by atoms with van der Waals surface area (Å²) in [6.45, 7) is 12.8. The normalized spacial score (nSPS) is 46.8. The number of aliphatic hydroxyl groups is 1. The summed E-state index contributed by atoms with van der Waals surface area (Å²) < 4.78 is 17.3. The Kier molecular flexibility index (Phi) is 3.92. The van der Waals surface area contributed by atoms with Crippen molar-refractivity contribution < 1.29 is 33.7 Å². The van der Waals surface area contributed by atoms with Crippen LogP contribution in [0.2, 0.25) is 0 Å². The van der Waals surface area contributed by atoms with Crippen LogP contribution in [0.25, 0.3) is 0 Å². The Morgan fingerprint density at radius 1 is 1.03 bits per heavy atom. The maximum atomic E-state index is 13.8. The predicted octanol–water partition coefficient (Wildman–Crippen LogP) is 2.92. The molecule has 2 saturated heterocycles. The average Bonchev–Trinajstić information content (AvgIpc) is 3.05. The van der Waals surface area contributed by atoms with Gasteiger partial charge in [0.05, 0.1) is 6.10 Å². The van der Waals surface area contributed by atoms with Crippen LogP contribution in [-0.4, -0.2) is 46.4 Å². The van der Waals surface area contributed by atoms with Crippen LogP contribution in [0.3, 0.4) is 0 Å². The molecule has 0 aromatic heterocycles. The van der Waals surface area contributed by atoms with Crippen LogP contribution in [0.5, 0.6) is 0 Å². The van der Waals surface area contributed by atoms with E-state index in [-0.39, 0.29) is 5.78 Å². The van der Waals surface area contributed by atoms with Gasteiger partial charge in [-0.15, -0.1) is 0 Å². The van der Waals surface area contributed by atoms with Gasteiger partial charge in [0.1, 0.15) is 11.0 Å². The Balaban J connectivity index is 1.86. The number of esters is 2. The van der Waals surface area contributed by atoms with Gasteiger partial charge in [-0.3, -0.25) is 4.79 Å². The third-order valence-corrected chi connectivity index (χ3v) is 9.54. The van der Waals surface area contributed by atoms with Gasteiger partial charge in [0.2, 0.25) is 11.9 Å². The number of allylic oxidation sites excluding steroid dienone is 2. The van der Waals surface area contributed by atoms with Crippen LogP contribution in [0.4, 0.5) is 0 Å². The van der Waals surface area contributed by atoms with Crippen LogP contribution in [0, 0.1) is 16.2 Å². The van der Waals surface area contributed by atoms with E-state index in [0.717, 1.165) is 5.57 Å². The minimum Gasteiger partial charge on any atom is -0.455 e. The fraction of sp³-hybridized carbons (Fsp3) is 0.640. The van der Waals surface area contributed by atoms with Crippen LogP contribution in [0.1, 0.15) is 61.3 Å². The van der Waals surface area contributed by atoms with Gasteiger partial charge in [-0.2, -0.15) is 0 Å².